The van der Waals surface area contributed by atoms with Gasteiger partial charge in [-0.25, -0.2) is 9.67 Å². The van der Waals surface area contributed by atoms with E-state index in [1.807, 2.05) is 41.9 Å². The first kappa shape index (κ1) is 14.2. The topological polar surface area (TPSA) is 49.2 Å². The average molecular weight is 287 g/mol. The normalized spacial score (nSPS) is 18.8. The molecule has 2 heterocycles. The molecule has 1 saturated heterocycles. The Morgan fingerprint density at radius 1 is 1.29 bits per heavy atom. The molecule has 0 saturated carbocycles. The maximum absolute atomic E-state index is 5.78. The Morgan fingerprint density at radius 3 is 2.90 bits per heavy atom. The second-order valence-corrected chi connectivity index (χ2v) is 5.24. The summed E-state index contributed by atoms with van der Waals surface area (Å²) in [6.45, 7) is 3.99. The van der Waals surface area contributed by atoms with Crippen molar-refractivity contribution in [3.05, 3.63) is 36.2 Å². The fourth-order valence-corrected chi connectivity index (χ4v) is 2.53. The minimum atomic E-state index is -0.0523. The van der Waals surface area contributed by atoms with Crippen molar-refractivity contribution in [1.29, 1.82) is 0 Å². The van der Waals surface area contributed by atoms with Gasteiger partial charge >= 0.3 is 0 Å². The Labute approximate surface area is 124 Å². The molecular weight excluding hydrogens is 266 g/mol. The second kappa shape index (κ2) is 6.83. The molecule has 3 rings (SSSR count). The molecule has 0 spiro atoms. The zero-order valence-corrected chi connectivity index (χ0v) is 12.4. The molecule has 21 heavy (non-hydrogen) atoms. The molecule has 1 aliphatic rings. The SMILES string of the molecule is Cc1nc(-c2ccccc2)n(CCO[C@@H]2CCCCO2)n1. The molecule has 1 aliphatic heterocycles. The highest BCUT2D eigenvalue weighted by molar-refractivity contribution is 5.54. The van der Waals surface area contributed by atoms with Gasteiger partial charge in [0.05, 0.1) is 13.2 Å². The van der Waals surface area contributed by atoms with Gasteiger partial charge in [-0.3, -0.25) is 0 Å². The van der Waals surface area contributed by atoms with Crippen LogP contribution in [0.15, 0.2) is 30.3 Å². The predicted molar refractivity (Wildman–Crippen MR) is 79.7 cm³/mol. The van der Waals surface area contributed by atoms with Gasteiger partial charge in [-0.05, 0) is 26.2 Å². The number of hydrogen-bond acceptors (Lipinski definition) is 4. The van der Waals surface area contributed by atoms with Crippen LogP contribution in [0.1, 0.15) is 25.1 Å². The van der Waals surface area contributed by atoms with Crippen LogP contribution in [0, 0.1) is 6.92 Å². The van der Waals surface area contributed by atoms with Gasteiger partial charge in [0.2, 0.25) is 0 Å². The number of rotatable bonds is 5. The molecule has 0 radical (unpaired) electrons. The van der Waals surface area contributed by atoms with Gasteiger partial charge in [0.15, 0.2) is 12.1 Å². The minimum absolute atomic E-state index is 0.0523. The number of aryl methyl sites for hydroxylation is 1. The lowest BCUT2D eigenvalue weighted by Gasteiger charge is -2.22. The van der Waals surface area contributed by atoms with Crippen molar-refractivity contribution >= 4 is 0 Å². The maximum atomic E-state index is 5.78. The quantitative estimate of drug-likeness (QED) is 0.848. The molecule has 0 unspecified atom stereocenters. The molecule has 1 aromatic carbocycles. The van der Waals surface area contributed by atoms with Gasteiger partial charge in [-0.15, -0.1) is 0 Å². The average Bonchev–Trinajstić information content (AvgIpc) is 2.90. The summed E-state index contributed by atoms with van der Waals surface area (Å²) in [5, 5.41) is 4.45. The zero-order valence-electron chi connectivity index (χ0n) is 12.4. The van der Waals surface area contributed by atoms with Crippen LogP contribution in [0.4, 0.5) is 0 Å². The molecule has 5 nitrogen and oxygen atoms in total. The fourth-order valence-electron chi connectivity index (χ4n) is 2.53. The summed E-state index contributed by atoms with van der Waals surface area (Å²) in [6, 6.07) is 10.1. The van der Waals surface area contributed by atoms with Crippen molar-refractivity contribution < 1.29 is 9.47 Å². The van der Waals surface area contributed by atoms with Crippen LogP contribution in [0.5, 0.6) is 0 Å². The van der Waals surface area contributed by atoms with Crippen molar-refractivity contribution in [2.45, 2.75) is 39.0 Å². The van der Waals surface area contributed by atoms with Crippen LogP contribution in [0.3, 0.4) is 0 Å². The molecule has 1 fully saturated rings. The van der Waals surface area contributed by atoms with Crippen LogP contribution in [0.2, 0.25) is 0 Å². The molecule has 0 N–H and O–H groups in total. The first-order valence-electron chi connectivity index (χ1n) is 7.53. The monoisotopic (exact) mass is 287 g/mol. The number of ether oxygens (including phenoxy) is 2. The van der Waals surface area contributed by atoms with E-state index >= 15 is 0 Å². The van der Waals surface area contributed by atoms with E-state index in [1.54, 1.807) is 0 Å². The Bertz CT molecular complexity index is 562. The summed E-state index contributed by atoms with van der Waals surface area (Å²) in [5.74, 6) is 1.67. The van der Waals surface area contributed by atoms with E-state index in [9.17, 15) is 0 Å². The lowest BCUT2D eigenvalue weighted by Crippen LogP contribution is -2.24. The van der Waals surface area contributed by atoms with Crippen molar-refractivity contribution in [3.8, 4) is 11.4 Å². The van der Waals surface area contributed by atoms with Crippen LogP contribution >= 0.6 is 0 Å². The molecule has 0 amide bonds. The fraction of sp³-hybridized carbons (Fsp3) is 0.500. The van der Waals surface area contributed by atoms with Crippen molar-refractivity contribution in [1.82, 2.24) is 14.8 Å². The van der Waals surface area contributed by atoms with E-state index in [4.69, 9.17) is 9.47 Å². The Balaban J connectivity index is 1.62. The van der Waals surface area contributed by atoms with Crippen LogP contribution in [-0.4, -0.2) is 34.3 Å². The van der Waals surface area contributed by atoms with E-state index in [-0.39, 0.29) is 6.29 Å². The number of nitrogens with zero attached hydrogens (tertiary/aromatic N) is 3. The first-order valence-corrected chi connectivity index (χ1v) is 7.53. The first-order chi connectivity index (χ1) is 10.3. The van der Waals surface area contributed by atoms with E-state index in [1.165, 1.54) is 6.42 Å². The molecule has 2 aromatic rings. The highest BCUT2D eigenvalue weighted by Gasteiger charge is 2.15. The van der Waals surface area contributed by atoms with E-state index in [2.05, 4.69) is 10.1 Å². The van der Waals surface area contributed by atoms with Gasteiger partial charge in [-0.2, -0.15) is 5.10 Å². The Kier molecular flexibility index (Phi) is 4.62. The predicted octanol–water partition coefficient (Wildman–Crippen LogP) is 2.80. The van der Waals surface area contributed by atoms with Gasteiger partial charge in [0, 0.05) is 12.2 Å². The number of aromatic nitrogens is 3. The summed E-state index contributed by atoms with van der Waals surface area (Å²) in [4.78, 5) is 4.51. The summed E-state index contributed by atoms with van der Waals surface area (Å²) in [5.41, 5.74) is 1.08. The number of hydrogen-bond donors (Lipinski definition) is 0. The highest BCUT2D eigenvalue weighted by Crippen LogP contribution is 2.17. The zero-order chi connectivity index (χ0) is 14.5. The molecule has 0 aliphatic carbocycles. The lowest BCUT2D eigenvalue weighted by molar-refractivity contribution is -0.163. The van der Waals surface area contributed by atoms with E-state index < -0.39 is 0 Å². The molecule has 1 atom stereocenters. The molecule has 0 bridgehead atoms. The van der Waals surface area contributed by atoms with Crippen molar-refractivity contribution in [2.75, 3.05) is 13.2 Å². The highest BCUT2D eigenvalue weighted by atomic mass is 16.7. The maximum Gasteiger partial charge on any atom is 0.158 e. The standard InChI is InChI=1S/C16H21N3O2/c1-13-17-16(14-7-3-2-4-8-14)19(18-13)10-12-21-15-9-5-6-11-20-15/h2-4,7-8,15H,5-6,9-12H2,1H3/t15-/m1/s1. The van der Waals surface area contributed by atoms with Gasteiger partial charge in [0.25, 0.3) is 0 Å². The summed E-state index contributed by atoms with van der Waals surface area (Å²) < 4.78 is 13.3. The van der Waals surface area contributed by atoms with E-state index in [0.717, 1.165) is 36.7 Å². The van der Waals surface area contributed by atoms with Gasteiger partial charge in [-0.1, -0.05) is 30.3 Å². The van der Waals surface area contributed by atoms with Crippen molar-refractivity contribution in [2.24, 2.45) is 0 Å². The van der Waals surface area contributed by atoms with Gasteiger partial charge in [0.1, 0.15) is 5.82 Å². The third-order valence-electron chi connectivity index (χ3n) is 3.55. The second-order valence-electron chi connectivity index (χ2n) is 5.24. The summed E-state index contributed by atoms with van der Waals surface area (Å²) in [6.07, 6.45) is 3.26. The Morgan fingerprint density at radius 2 is 2.14 bits per heavy atom. The summed E-state index contributed by atoms with van der Waals surface area (Å²) >= 11 is 0. The van der Waals surface area contributed by atoms with Crippen molar-refractivity contribution in [3.63, 3.8) is 0 Å². The largest absolute Gasteiger partial charge is 0.353 e. The van der Waals surface area contributed by atoms with Crippen LogP contribution in [0.25, 0.3) is 11.4 Å². The molecular formula is C16H21N3O2. The molecule has 1 aromatic heterocycles. The third-order valence-corrected chi connectivity index (χ3v) is 3.55. The number of benzene rings is 1. The minimum Gasteiger partial charge on any atom is -0.353 e. The molecule has 5 heteroatoms. The van der Waals surface area contributed by atoms with E-state index in [0.29, 0.717) is 13.2 Å². The summed E-state index contributed by atoms with van der Waals surface area (Å²) in [7, 11) is 0. The van der Waals surface area contributed by atoms with Gasteiger partial charge < -0.3 is 9.47 Å². The molecule has 112 valence electrons. The van der Waals surface area contributed by atoms with Crippen LogP contribution in [-0.2, 0) is 16.0 Å². The lowest BCUT2D eigenvalue weighted by atomic mass is 10.2. The smallest absolute Gasteiger partial charge is 0.158 e. The Hall–Kier alpha value is -1.72. The third kappa shape index (κ3) is 3.68. The van der Waals surface area contributed by atoms with Crippen LogP contribution < -0.4 is 0 Å².